The standard InChI is InChI=1S/C11H10ClIN2.ClH/c12-8-10-14-6-7-15(10)11(13)9-4-2-1-3-5-9;/h1-7,11H,8H2;1H. The van der Waals surface area contributed by atoms with Crippen molar-refractivity contribution in [1.82, 2.24) is 9.55 Å². The molecule has 0 radical (unpaired) electrons. The van der Waals surface area contributed by atoms with Gasteiger partial charge in [-0.2, -0.15) is 0 Å². The second kappa shape index (κ2) is 6.47. The Morgan fingerprint density at radius 1 is 1.31 bits per heavy atom. The van der Waals surface area contributed by atoms with Gasteiger partial charge in [-0.05, 0) is 5.56 Å². The van der Waals surface area contributed by atoms with Crippen LogP contribution in [0.5, 0.6) is 0 Å². The van der Waals surface area contributed by atoms with Gasteiger partial charge in [0, 0.05) is 12.4 Å². The summed E-state index contributed by atoms with van der Waals surface area (Å²) >= 11 is 8.20. The fraction of sp³-hybridized carbons (Fsp3) is 0.182. The van der Waals surface area contributed by atoms with Gasteiger partial charge in [-0.3, -0.25) is 0 Å². The van der Waals surface area contributed by atoms with E-state index in [-0.39, 0.29) is 16.5 Å². The highest BCUT2D eigenvalue weighted by molar-refractivity contribution is 14.1. The van der Waals surface area contributed by atoms with Gasteiger partial charge < -0.3 is 4.57 Å². The monoisotopic (exact) mass is 368 g/mol. The quantitative estimate of drug-likeness (QED) is 0.590. The van der Waals surface area contributed by atoms with Crippen LogP contribution in [-0.4, -0.2) is 9.55 Å². The van der Waals surface area contributed by atoms with Gasteiger partial charge in [0.25, 0.3) is 0 Å². The molecule has 1 aromatic carbocycles. The maximum Gasteiger partial charge on any atom is 0.124 e. The van der Waals surface area contributed by atoms with Crippen molar-refractivity contribution >= 4 is 46.6 Å². The first-order valence-corrected chi connectivity index (χ1v) is 6.37. The number of benzene rings is 1. The lowest BCUT2D eigenvalue weighted by atomic mass is 10.2. The molecule has 0 fully saturated rings. The van der Waals surface area contributed by atoms with Gasteiger partial charge >= 0.3 is 0 Å². The van der Waals surface area contributed by atoms with Gasteiger partial charge in [-0.1, -0.05) is 52.9 Å². The number of imidazole rings is 1. The van der Waals surface area contributed by atoms with Crippen molar-refractivity contribution in [3.8, 4) is 0 Å². The number of halogens is 3. The molecule has 0 saturated heterocycles. The van der Waals surface area contributed by atoms with Crippen LogP contribution in [0, 0.1) is 0 Å². The average molecular weight is 369 g/mol. The fourth-order valence-electron chi connectivity index (χ4n) is 1.43. The van der Waals surface area contributed by atoms with Gasteiger partial charge in [-0.15, -0.1) is 24.0 Å². The molecule has 0 aliphatic carbocycles. The molecule has 86 valence electrons. The van der Waals surface area contributed by atoms with Crippen LogP contribution in [0.4, 0.5) is 0 Å². The van der Waals surface area contributed by atoms with Crippen molar-refractivity contribution in [3.63, 3.8) is 0 Å². The summed E-state index contributed by atoms with van der Waals surface area (Å²) in [5, 5.41) is 0. The molecule has 1 aromatic heterocycles. The molecular weight excluding hydrogens is 358 g/mol. The van der Waals surface area contributed by atoms with Crippen LogP contribution < -0.4 is 0 Å². The Balaban J connectivity index is 0.00000128. The van der Waals surface area contributed by atoms with E-state index in [1.807, 2.05) is 24.4 Å². The predicted molar refractivity (Wildman–Crippen MR) is 77.6 cm³/mol. The molecule has 1 unspecified atom stereocenters. The van der Waals surface area contributed by atoms with E-state index in [2.05, 4.69) is 44.3 Å². The zero-order valence-corrected chi connectivity index (χ0v) is 12.1. The summed E-state index contributed by atoms with van der Waals surface area (Å²) in [5.74, 6) is 1.35. The fourth-order valence-corrected chi connectivity index (χ4v) is 2.56. The van der Waals surface area contributed by atoms with E-state index in [9.17, 15) is 0 Å². The average Bonchev–Trinajstić information content (AvgIpc) is 2.77. The van der Waals surface area contributed by atoms with Crippen LogP contribution in [0.2, 0.25) is 0 Å². The molecule has 1 atom stereocenters. The zero-order valence-electron chi connectivity index (χ0n) is 8.38. The molecule has 2 aromatic rings. The van der Waals surface area contributed by atoms with E-state index in [0.717, 1.165) is 5.82 Å². The number of nitrogens with zero attached hydrogens (tertiary/aromatic N) is 2. The summed E-state index contributed by atoms with van der Waals surface area (Å²) in [4.78, 5) is 4.21. The summed E-state index contributed by atoms with van der Waals surface area (Å²) in [6, 6.07) is 10.3. The highest BCUT2D eigenvalue weighted by Gasteiger charge is 2.11. The Morgan fingerprint density at radius 2 is 2.00 bits per heavy atom. The molecule has 2 rings (SSSR count). The van der Waals surface area contributed by atoms with Crippen molar-refractivity contribution < 1.29 is 0 Å². The molecule has 0 N–H and O–H groups in total. The third kappa shape index (κ3) is 2.90. The highest BCUT2D eigenvalue weighted by Crippen LogP contribution is 2.26. The molecule has 0 bridgehead atoms. The first kappa shape index (κ1) is 13.8. The third-order valence-electron chi connectivity index (χ3n) is 2.19. The summed E-state index contributed by atoms with van der Waals surface area (Å²) in [5.41, 5.74) is 1.25. The van der Waals surface area contributed by atoms with Gasteiger partial charge in [0.2, 0.25) is 0 Å². The van der Waals surface area contributed by atoms with E-state index in [4.69, 9.17) is 11.6 Å². The number of alkyl halides is 2. The molecule has 2 nitrogen and oxygen atoms in total. The first-order chi connectivity index (χ1) is 7.33. The molecule has 16 heavy (non-hydrogen) atoms. The summed E-state index contributed by atoms with van der Waals surface area (Å²) in [6.07, 6.45) is 3.74. The van der Waals surface area contributed by atoms with Crippen molar-refractivity contribution in [3.05, 3.63) is 54.1 Å². The largest absolute Gasteiger partial charge is 0.317 e. The minimum absolute atomic E-state index is 0. The minimum Gasteiger partial charge on any atom is -0.317 e. The second-order valence-electron chi connectivity index (χ2n) is 3.13. The topological polar surface area (TPSA) is 17.8 Å². The molecule has 0 aliphatic rings. The Labute approximate surface area is 120 Å². The number of hydrogen-bond donors (Lipinski definition) is 0. The van der Waals surface area contributed by atoms with Gasteiger partial charge in [-0.25, -0.2) is 4.98 Å². The highest BCUT2D eigenvalue weighted by atomic mass is 127. The summed E-state index contributed by atoms with van der Waals surface area (Å²) in [6.45, 7) is 0. The maximum atomic E-state index is 5.82. The maximum absolute atomic E-state index is 5.82. The van der Waals surface area contributed by atoms with E-state index in [1.54, 1.807) is 6.20 Å². The van der Waals surface area contributed by atoms with Crippen molar-refractivity contribution in [2.75, 3.05) is 0 Å². The van der Waals surface area contributed by atoms with Crippen LogP contribution in [0.15, 0.2) is 42.7 Å². The SMILES string of the molecule is Cl.ClCc1nccn1C(I)c1ccccc1. The lowest BCUT2D eigenvalue weighted by Crippen LogP contribution is -2.05. The Bertz CT molecular complexity index is 431. The second-order valence-corrected chi connectivity index (χ2v) is 4.58. The van der Waals surface area contributed by atoms with Crippen molar-refractivity contribution in [1.29, 1.82) is 0 Å². The van der Waals surface area contributed by atoms with Crippen LogP contribution in [0.1, 0.15) is 15.4 Å². The molecule has 0 aliphatic heterocycles. The zero-order chi connectivity index (χ0) is 10.7. The van der Waals surface area contributed by atoms with E-state index < -0.39 is 0 Å². The summed E-state index contributed by atoms with van der Waals surface area (Å²) < 4.78 is 2.34. The van der Waals surface area contributed by atoms with Crippen LogP contribution in [-0.2, 0) is 5.88 Å². The molecule has 1 heterocycles. The van der Waals surface area contributed by atoms with Gasteiger partial charge in [0.05, 0.1) is 5.88 Å². The normalized spacial score (nSPS) is 11.9. The third-order valence-corrected chi connectivity index (χ3v) is 3.75. The molecule has 0 saturated carbocycles. The van der Waals surface area contributed by atoms with Gasteiger partial charge in [0.15, 0.2) is 0 Å². The van der Waals surface area contributed by atoms with E-state index >= 15 is 0 Å². The number of aromatic nitrogens is 2. The molecule has 5 heteroatoms. The Kier molecular flexibility index (Phi) is 5.58. The van der Waals surface area contributed by atoms with Crippen LogP contribution in [0.25, 0.3) is 0 Å². The molecular formula is C11H11Cl2IN2. The van der Waals surface area contributed by atoms with Crippen molar-refractivity contribution in [2.45, 2.75) is 9.93 Å². The first-order valence-electron chi connectivity index (χ1n) is 4.59. The lowest BCUT2D eigenvalue weighted by Gasteiger charge is -2.14. The number of rotatable bonds is 3. The predicted octanol–water partition coefficient (Wildman–Crippen LogP) is 4.03. The van der Waals surface area contributed by atoms with Crippen LogP contribution in [0.3, 0.4) is 0 Å². The molecule has 0 amide bonds. The summed E-state index contributed by atoms with van der Waals surface area (Å²) in [7, 11) is 0. The lowest BCUT2D eigenvalue weighted by molar-refractivity contribution is 0.760. The smallest absolute Gasteiger partial charge is 0.124 e. The van der Waals surface area contributed by atoms with Gasteiger partial charge in [0.1, 0.15) is 9.87 Å². The minimum atomic E-state index is 0. The number of hydrogen-bond acceptors (Lipinski definition) is 1. The van der Waals surface area contributed by atoms with Crippen molar-refractivity contribution in [2.24, 2.45) is 0 Å². The van der Waals surface area contributed by atoms with E-state index in [0.29, 0.717) is 5.88 Å². The Morgan fingerprint density at radius 3 is 2.62 bits per heavy atom. The molecule has 0 spiro atoms. The Hall–Kier alpha value is -0.260. The van der Waals surface area contributed by atoms with Crippen LogP contribution >= 0.6 is 46.6 Å². The van der Waals surface area contributed by atoms with E-state index in [1.165, 1.54) is 5.56 Å².